The van der Waals surface area contributed by atoms with Gasteiger partial charge in [0.15, 0.2) is 5.96 Å². The number of halogens is 1. The van der Waals surface area contributed by atoms with E-state index >= 15 is 0 Å². The van der Waals surface area contributed by atoms with E-state index in [4.69, 9.17) is 0 Å². The SMILES string of the molecule is C=C(C)CNC(=NCC(=O)N(C)C)N1CCC(C)C(C)C1.I. The topological polar surface area (TPSA) is 47.9 Å². The van der Waals surface area contributed by atoms with Crippen molar-refractivity contribution in [3.05, 3.63) is 12.2 Å². The highest BCUT2D eigenvalue weighted by atomic mass is 127. The number of likely N-dealkylation sites (tertiary alicyclic amines) is 1. The van der Waals surface area contributed by atoms with Gasteiger partial charge in [-0.2, -0.15) is 0 Å². The Kier molecular flexibility index (Phi) is 9.71. The van der Waals surface area contributed by atoms with E-state index in [-0.39, 0.29) is 36.4 Å². The lowest BCUT2D eigenvalue weighted by molar-refractivity contribution is -0.127. The monoisotopic (exact) mass is 422 g/mol. The summed E-state index contributed by atoms with van der Waals surface area (Å²) in [5.41, 5.74) is 1.06. The maximum Gasteiger partial charge on any atom is 0.243 e. The first-order valence-corrected chi connectivity index (χ1v) is 7.69. The van der Waals surface area contributed by atoms with E-state index in [0.717, 1.165) is 37.0 Å². The highest BCUT2D eigenvalue weighted by Crippen LogP contribution is 2.22. The first-order valence-electron chi connectivity index (χ1n) is 7.69. The van der Waals surface area contributed by atoms with Crippen LogP contribution in [0, 0.1) is 11.8 Å². The minimum absolute atomic E-state index is 0. The summed E-state index contributed by atoms with van der Waals surface area (Å²) in [6.45, 7) is 13.3. The van der Waals surface area contributed by atoms with Gasteiger partial charge in [0, 0.05) is 33.7 Å². The van der Waals surface area contributed by atoms with Crippen LogP contribution in [0.5, 0.6) is 0 Å². The fourth-order valence-electron chi connectivity index (χ4n) is 2.24. The van der Waals surface area contributed by atoms with Gasteiger partial charge >= 0.3 is 0 Å². The number of likely N-dealkylation sites (N-methyl/N-ethyl adjacent to an activating group) is 1. The number of carbonyl (C=O) groups excluding carboxylic acids is 1. The van der Waals surface area contributed by atoms with Gasteiger partial charge in [0.2, 0.25) is 5.91 Å². The van der Waals surface area contributed by atoms with E-state index in [2.05, 4.69) is 35.6 Å². The Balaban J connectivity index is 0.00000441. The summed E-state index contributed by atoms with van der Waals surface area (Å²) < 4.78 is 0. The molecule has 0 saturated carbocycles. The van der Waals surface area contributed by atoms with Crippen LogP contribution in [0.3, 0.4) is 0 Å². The molecule has 2 unspecified atom stereocenters. The third-order valence-corrected chi connectivity index (χ3v) is 4.04. The van der Waals surface area contributed by atoms with Crippen molar-refractivity contribution < 1.29 is 4.79 Å². The second kappa shape index (κ2) is 10.1. The molecule has 1 aliphatic rings. The van der Waals surface area contributed by atoms with Crippen molar-refractivity contribution in [2.75, 3.05) is 40.3 Å². The standard InChI is InChI=1S/C16H30N4O.HI/c1-12(2)9-17-16(18-10-15(21)19(5)6)20-8-7-13(3)14(4)11-20;/h13-14H,1,7-11H2,2-6H3,(H,17,18);1H. The number of hydrogen-bond acceptors (Lipinski definition) is 2. The number of nitrogens with zero attached hydrogens (tertiary/aromatic N) is 3. The Labute approximate surface area is 152 Å². The smallest absolute Gasteiger partial charge is 0.243 e. The van der Waals surface area contributed by atoms with Crippen LogP contribution in [0.4, 0.5) is 0 Å². The minimum Gasteiger partial charge on any atom is -0.353 e. The summed E-state index contributed by atoms with van der Waals surface area (Å²) in [4.78, 5) is 20.1. The fourth-order valence-corrected chi connectivity index (χ4v) is 2.24. The zero-order chi connectivity index (χ0) is 16.0. The van der Waals surface area contributed by atoms with Crippen molar-refractivity contribution in [2.45, 2.75) is 27.2 Å². The molecule has 2 atom stereocenters. The predicted octanol–water partition coefficient (Wildman–Crippen LogP) is 2.19. The van der Waals surface area contributed by atoms with E-state index in [0.29, 0.717) is 12.5 Å². The molecule has 1 saturated heterocycles. The van der Waals surface area contributed by atoms with Gasteiger partial charge in [-0.15, -0.1) is 24.0 Å². The number of piperidine rings is 1. The minimum atomic E-state index is 0. The van der Waals surface area contributed by atoms with Crippen molar-refractivity contribution in [3.63, 3.8) is 0 Å². The highest BCUT2D eigenvalue weighted by molar-refractivity contribution is 14.0. The van der Waals surface area contributed by atoms with Gasteiger partial charge in [0.25, 0.3) is 0 Å². The van der Waals surface area contributed by atoms with E-state index in [1.54, 1.807) is 19.0 Å². The third kappa shape index (κ3) is 6.98. The average molecular weight is 422 g/mol. The van der Waals surface area contributed by atoms with Crippen molar-refractivity contribution in [1.82, 2.24) is 15.1 Å². The van der Waals surface area contributed by atoms with Crippen LogP contribution in [0.1, 0.15) is 27.2 Å². The molecule has 1 heterocycles. The molecule has 6 heteroatoms. The van der Waals surface area contributed by atoms with Gasteiger partial charge in [-0.1, -0.05) is 26.0 Å². The first kappa shape index (κ1) is 21.2. The summed E-state index contributed by atoms with van der Waals surface area (Å²) in [6, 6.07) is 0. The Hall–Kier alpha value is -0.790. The van der Waals surface area contributed by atoms with E-state index in [9.17, 15) is 4.79 Å². The zero-order valence-corrected chi connectivity index (χ0v) is 16.9. The molecular formula is C16H31IN4O. The Morgan fingerprint density at radius 3 is 2.50 bits per heavy atom. The quantitative estimate of drug-likeness (QED) is 0.327. The summed E-state index contributed by atoms with van der Waals surface area (Å²) in [5.74, 6) is 2.22. The highest BCUT2D eigenvalue weighted by Gasteiger charge is 2.24. The van der Waals surface area contributed by atoms with Crippen LogP contribution in [-0.2, 0) is 4.79 Å². The van der Waals surface area contributed by atoms with Gasteiger partial charge in [-0.3, -0.25) is 4.79 Å². The molecule has 0 aromatic rings. The molecule has 128 valence electrons. The second-order valence-corrected chi connectivity index (χ2v) is 6.43. The predicted molar refractivity (Wildman–Crippen MR) is 104 cm³/mol. The van der Waals surface area contributed by atoms with Crippen molar-refractivity contribution in [1.29, 1.82) is 0 Å². The van der Waals surface area contributed by atoms with E-state index < -0.39 is 0 Å². The molecule has 0 aromatic heterocycles. The normalized spacial score (nSPS) is 21.9. The molecule has 1 rings (SSSR count). The van der Waals surface area contributed by atoms with Crippen LogP contribution < -0.4 is 5.32 Å². The number of carbonyl (C=O) groups is 1. The number of nitrogens with one attached hydrogen (secondary N) is 1. The molecule has 0 aliphatic carbocycles. The maximum absolute atomic E-state index is 11.7. The molecule has 1 amide bonds. The molecule has 0 aromatic carbocycles. The molecule has 5 nitrogen and oxygen atoms in total. The molecule has 0 bridgehead atoms. The molecule has 1 aliphatic heterocycles. The van der Waals surface area contributed by atoms with Gasteiger partial charge < -0.3 is 15.1 Å². The molecule has 1 N–H and O–H groups in total. The summed E-state index contributed by atoms with van der Waals surface area (Å²) in [7, 11) is 3.51. The number of hydrogen-bond donors (Lipinski definition) is 1. The third-order valence-electron chi connectivity index (χ3n) is 4.04. The molecular weight excluding hydrogens is 391 g/mol. The largest absolute Gasteiger partial charge is 0.353 e. The zero-order valence-electron chi connectivity index (χ0n) is 14.6. The number of amides is 1. The summed E-state index contributed by atoms with van der Waals surface area (Å²) >= 11 is 0. The van der Waals surface area contributed by atoms with Crippen molar-refractivity contribution in [2.24, 2.45) is 16.8 Å². The lowest BCUT2D eigenvalue weighted by Crippen LogP contribution is -2.48. The summed E-state index contributed by atoms with van der Waals surface area (Å²) in [5, 5.41) is 3.32. The van der Waals surface area contributed by atoms with Crippen LogP contribution in [0.2, 0.25) is 0 Å². The van der Waals surface area contributed by atoms with Crippen molar-refractivity contribution >= 4 is 35.8 Å². The van der Waals surface area contributed by atoms with Gasteiger partial charge in [0.1, 0.15) is 6.54 Å². The Morgan fingerprint density at radius 1 is 1.36 bits per heavy atom. The number of guanidine groups is 1. The number of aliphatic imine (C=N–C) groups is 1. The van der Waals surface area contributed by atoms with Crippen LogP contribution in [0.15, 0.2) is 17.1 Å². The molecule has 0 spiro atoms. The Bertz CT molecular complexity index is 409. The van der Waals surface area contributed by atoms with E-state index in [1.807, 2.05) is 6.92 Å². The average Bonchev–Trinajstić information content (AvgIpc) is 2.41. The second-order valence-electron chi connectivity index (χ2n) is 6.43. The van der Waals surface area contributed by atoms with Crippen LogP contribution in [0.25, 0.3) is 0 Å². The molecule has 0 radical (unpaired) electrons. The van der Waals surface area contributed by atoms with Crippen molar-refractivity contribution in [3.8, 4) is 0 Å². The fraction of sp³-hybridized carbons (Fsp3) is 0.750. The summed E-state index contributed by atoms with van der Waals surface area (Å²) in [6.07, 6.45) is 1.16. The van der Waals surface area contributed by atoms with E-state index in [1.165, 1.54) is 0 Å². The maximum atomic E-state index is 11.7. The molecule has 22 heavy (non-hydrogen) atoms. The lowest BCUT2D eigenvalue weighted by atomic mass is 9.89. The van der Waals surface area contributed by atoms with Crippen LogP contribution in [-0.4, -0.2) is 61.9 Å². The first-order chi connectivity index (χ1) is 9.81. The van der Waals surface area contributed by atoms with Gasteiger partial charge in [0.05, 0.1) is 0 Å². The number of rotatable bonds is 4. The molecule has 1 fully saturated rings. The lowest BCUT2D eigenvalue weighted by Gasteiger charge is -2.37. The van der Waals surface area contributed by atoms with Gasteiger partial charge in [-0.25, -0.2) is 4.99 Å². The van der Waals surface area contributed by atoms with Gasteiger partial charge in [-0.05, 0) is 25.2 Å². The van der Waals surface area contributed by atoms with Crippen LogP contribution >= 0.6 is 24.0 Å². The Morgan fingerprint density at radius 2 is 2.00 bits per heavy atom.